The number of ether oxygens (including phenoxy) is 1. The first-order valence-electron chi connectivity index (χ1n) is 6.34. The molecular formula is C16H15Cl2NO2. The van der Waals surface area contributed by atoms with Gasteiger partial charge in [0.1, 0.15) is 5.75 Å². The monoisotopic (exact) mass is 323 g/mol. The maximum absolute atomic E-state index is 12.5. The minimum atomic E-state index is -0.158. The first kappa shape index (κ1) is 15.7. The lowest BCUT2D eigenvalue weighted by atomic mass is 10.1. The molecule has 0 unspecified atom stereocenters. The Hall–Kier alpha value is -1.71. The standard InChI is InChI=1S/C16H15Cl2NO2/c1-19(10-11-4-3-5-12(17)8-11)16(20)14-9-13(18)6-7-15(14)21-2/h3-9H,10H2,1-2H3. The van der Waals surface area contributed by atoms with Gasteiger partial charge in [-0.05, 0) is 35.9 Å². The second-order valence-corrected chi connectivity index (χ2v) is 5.51. The zero-order valence-corrected chi connectivity index (χ0v) is 13.3. The van der Waals surface area contributed by atoms with Crippen LogP contribution in [0.15, 0.2) is 42.5 Å². The molecule has 0 saturated heterocycles. The molecular weight excluding hydrogens is 309 g/mol. The second kappa shape index (κ2) is 6.83. The number of carbonyl (C=O) groups excluding carboxylic acids is 1. The molecule has 0 spiro atoms. The van der Waals surface area contributed by atoms with Crippen LogP contribution in [-0.4, -0.2) is 25.0 Å². The normalized spacial score (nSPS) is 10.3. The van der Waals surface area contributed by atoms with Crippen molar-refractivity contribution >= 4 is 29.1 Å². The number of methoxy groups -OCH3 is 1. The summed E-state index contributed by atoms with van der Waals surface area (Å²) in [6.45, 7) is 0.453. The van der Waals surface area contributed by atoms with Crippen molar-refractivity contribution in [3.05, 3.63) is 63.6 Å². The predicted octanol–water partition coefficient (Wildman–Crippen LogP) is 4.27. The fourth-order valence-electron chi connectivity index (χ4n) is 2.03. The summed E-state index contributed by atoms with van der Waals surface area (Å²) in [7, 11) is 3.25. The van der Waals surface area contributed by atoms with Gasteiger partial charge in [-0.3, -0.25) is 4.79 Å². The number of hydrogen-bond donors (Lipinski definition) is 0. The van der Waals surface area contributed by atoms with E-state index in [1.54, 1.807) is 36.2 Å². The highest BCUT2D eigenvalue weighted by Gasteiger charge is 2.17. The van der Waals surface area contributed by atoms with E-state index in [1.807, 2.05) is 18.2 Å². The molecule has 110 valence electrons. The number of benzene rings is 2. The third kappa shape index (κ3) is 3.90. The number of nitrogens with zero attached hydrogens (tertiary/aromatic N) is 1. The summed E-state index contributed by atoms with van der Waals surface area (Å²) in [6, 6.07) is 12.4. The van der Waals surface area contributed by atoms with Crippen LogP contribution in [0.4, 0.5) is 0 Å². The molecule has 0 bridgehead atoms. The molecule has 21 heavy (non-hydrogen) atoms. The Morgan fingerprint density at radius 1 is 1.14 bits per heavy atom. The Kier molecular flexibility index (Phi) is 5.10. The topological polar surface area (TPSA) is 29.5 Å². The van der Waals surface area contributed by atoms with E-state index in [1.165, 1.54) is 7.11 Å². The average molecular weight is 324 g/mol. The van der Waals surface area contributed by atoms with Crippen molar-refractivity contribution < 1.29 is 9.53 Å². The van der Waals surface area contributed by atoms with Gasteiger partial charge in [-0.25, -0.2) is 0 Å². The molecule has 0 aliphatic heterocycles. The van der Waals surface area contributed by atoms with Gasteiger partial charge in [0.15, 0.2) is 0 Å². The van der Waals surface area contributed by atoms with E-state index in [0.717, 1.165) is 5.56 Å². The van der Waals surface area contributed by atoms with Gasteiger partial charge in [0.2, 0.25) is 0 Å². The smallest absolute Gasteiger partial charge is 0.257 e. The fourth-order valence-corrected chi connectivity index (χ4v) is 2.42. The maximum Gasteiger partial charge on any atom is 0.257 e. The molecule has 2 rings (SSSR count). The Morgan fingerprint density at radius 2 is 1.86 bits per heavy atom. The summed E-state index contributed by atoms with van der Waals surface area (Å²) in [5.74, 6) is 0.344. The lowest BCUT2D eigenvalue weighted by Gasteiger charge is -2.19. The van der Waals surface area contributed by atoms with Crippen molar-refractivity contribution in [3.8, 4) is 5.75 Å². The van der Waals surface area contributed by atoms with Crippen LogP contribution in [0, 0.1) is 0 Å². The van der Waals surface area contributed by atoms with Crippen LogP contribution in [0.5, 0.6) is 5.75 Å². The van der Waals surface area contributed by atoms with Gasteiger partial charge in [-0.2, -0.15) is 0 Å². The Labute approximate surface area is 134 Å². The number of halogens is 2. The molecule has 0 aliphatic rings. The molecule has 2 aromatic carbocycles. The zero-order chi connectivity index (χ0) is 15.4. The second-order valence-electron chi connectivity index (χ2n) is 4.64. The summed E-state index contributed by atoms with van der Waals surface area (Å²) < 4.78 is 5.21. The molecule has 0 radical (unpaired) electrons. The van der Waals surface area contributed by atoms with E-state index in [4.69, 9.17) is 27.9 Å². The zero-order valence-electron chi connectivity index (χ0n) is 11.8. The number of carbonyl (C=O) groups is 1. The Balaban J connectivity index is 2.21. The summed E-state index contributed by atoms with van der Waals surface area (Å²) in [6.07, 6.45) is 0. The van der Waals surface area contributed by atoms with Gasteiger partial charge in [0, 0.05) is 23.6 Å². The van der Waals surface area contributed by atoms with E-state index in [-0.39, 0.29) is 5.91 Å². The van der Waals surface area contributed by atoms with Gasteiger partial charge in [0.05, 0.1) is 12.7 Å². The average Bonchev–Trinajstić information content (AvgIpc) is 2.46. The molecule has 0 fully saturated rings. The Morgan fingerprint density at radius 3 is 2.52 bits per heavy atom. The van der Waals surface area contributed by atoms with Gasteiger partial charge in [0.25, 0.3) is 5.91 Å². The van der Waals surface area contributed by atoms with E-state index in [9.17, 15) is 4.79 Å². The lowest BCUT2D eigenvalue weighted by molar-refractivity contribution is 0.0781. The van der Waals surface area contributed by atoms with Crippen molar-refractivity contribution in [2.75, 3.05) is 14.2 Å². The van der Waals surface area contributed by atoms with Gasteiger partial charge in [-0.15, -0.1) is 0 Å². The van der Waals surface area contributed by atoms with Crippen LogP contribution >= 0.6 is 23.2 Å². The number of hydrogen-bond acceptors (Lipinski definition) is 2. The van der Waals surface area contributed by atoms with E-state index in [2.05, 4.69) is 0 Å². The van der Waals surface area contributed by atoms with Crippen LogP contribution < -0.4 is 4.74 Å². The lowest BCUT2D eigenvalue weighted by Crippen LogP contribution is -2.26. The molecule has 0 atom stereocenters. The SMILES string of the molecule is COc1ccc(Cl)cc1C(=O)N(C)Cc1cccc(Cl)c1. The first-order chi connectivity index (χ1) is 10.0. The van der Waals surface area contributed by atoms with E-state index < -0.39 is 0 Å². The van der Waals surface area contributed by atoms with Crippen molar-refractivity contribution in [2.24, 2.45) is 0 Å². The highest BCUT2D eigenvalue weighted by molar-refractivity contribution is 6.31. The number of rotatable bonds is 4. The maximum atomic E-state index is 12.5. The van der Waals surface area contributed by atoms with Crippen molar-refractivity contribution in [2.45, 2.75) is 6.54 Å². The molecule has 1 amide bonds. The van der Waals surface area contributed by atoms with Crippen LogP contribution in [-0.2, 0) is 6.54 Å². The molecule has 0 heterocycles. The van der Waals surface area contributed by atoms with Crippen molar-refractivity contribution in [1.82, 2.24) is 4.90 Å². The summed E-state index contributed by atoms with van der Waals surface area (Å²) in [5, 5.41) is 1.14. The minimum absolute atomic E-state index is 0.158. The van der Waals surface area contributed by atoms with Crippen molar-refractivity contribution in [1.29, 1.82) is 0 Å². The molecule has 5 heteroatoms. The van der Waals surface area contributed by atoms with Gasteiger partial charge in [-0.1, -0.05) is 35.3 Å². The fraction of sp³-hybridized carbons (Fsp3) is 0.188. The minimum Gasteiger partial charge on any atom is -0.496 e. The van der Waals surface area contributed by atoms with Crippen molar-refractivity contribution in [3.63, 3.8) is 0 Å². The summed E-state index contributed by atoms with van der Waals surface area (Å²) in [4.78, 5) is 14.1. The Bertz CT molecular complexity index is 658. The van der Waals surface area contributed by atoms with Gasteiger partial charge >= 0.3 is 0 Å². The van der Waals surface area contributed by atoms with Crippen LogP contribution in [0.1, 0.15) is 15.9 Å². The van der Waals surface area contributed by atoms with Crippen LogP contribution in [0.2, 0.25) is 10.0 Å². The molecule has 2 aromatic rings. The van der Waals surface area contributed by atoms with Crippen LogP contribution in [0.3, 0.4) is 0 Å². The molecule has 0 aliphatic carbocycles. The number of amides is 1. The highest BCUT2D eigenvalue weighted by atomic mass is 35.5. The molecule has 0 aromatic heterocycles. The first-order valence-corrected chi connectivity index (χ1v) is 7.10. The largest absolute Gasteiger partial charge is 0.496 e. The quantitative estimate of drug-likeness (QED) is 0.840. The van der Waals surface area contributed by atoms with Gasteiger partial charge < -0.3 is 9.64 Å². The highest BCUT2D eigenvalue weighted by Crippen LogP contribution is 2.24. The van der Waals surface area contributed by atoms with E-state index in [0.29, 0.717) is 27.9 Å². The molecule has 3 nitrogen and oxygen atoms in total. The molecule has 0 saturated carbocycles. The third-order valence-corrected chi connectivity index (χ3v) is 3.52. The molecule has 0 N–H and O–H groups in total. The van der Waals surface area contributed by atoms with E-state index >= 15 is 0 Å². The third-order valence-electron chi connectivity index (χ3n) is 3.05. The van der Waals surface area contributed by atoms with Crippen LogP contribution in [0.25, 0.3) is 0 Å². The summed E-state index contributed by atoms with van der Waals surface area (Å²) in [5.41, 5.74) is 1.40. The predicted molar refractivity (Wildman–Crippen MR) is 85.3 cm³/mol. The summed E-state index contributed by atoms with van der Waals surface area (Å²) >= 11 is 11.9.